The van der Waals surface area contributed by atoms with Crippen LogP contribution in [0, 0.1) is 4.91 Å². The Hall–Kier alpha value is -2.49. The molecule has 0 fully saturated rings. The lowest BCUT2D eigenvalue weighted by Gasteiger charge is -2.37. The molecule has 4 heteroatoms. The van der Waals surface area contributed by atoms with Crippen LogP contribution in [-0.2, 0) is 10.2 Å². The monoisotopic (exact) mass is 324 g/mol. The highest BCUT2D eigenvalue weighted by atomic mass is 16.3. The van der Waals surface area contributed by atoms with Crippen molar-refractivity contribution >= 4 is 5.78 Å². The van der Waals surface area contributed by atoms with Crippen molar-refractivity contribution in [2.45, 2.75) is 38.1 Å². The molecule has 0 aromatic heterocycles. The summed E-state index contributed by atoms with van der Waals surface area (Å²) in [4.78, 5) is 24.1. The van der Waals surface area contributed by atoms with Gasteiger partial charge in [0, 0.05) is 19.5 Å². The van der Waals surface area contributed by atoms with Gasteiger partial charge in [-0.3, -0.25) is 9.80 Å². The summed E-state index contributed by atoms with van der Waals surface area (Å²) < 4.78 is 0. The van der Waals surface area contributed by atoms with E-state index in [1.54, 1.807) is 7.05 Å². The fraction of sp³-hybridized carbons (Fsp3) is 0.350. The molecule has 0 aliphatic rings. The zero-order valence-electron chi connectivity index (χ0n) is 14.5. The summed E-state index contributed by atoms with van der Waals surface area (Å²) in [6.45, 7) is 3.81. The lowest BCUT2D eigenvalue weighted by atomic mass is 9.67. The quantitative estimate of drug-likeness (QED) is 0.536. The average Bonchev–Trinajstić information content (AvgIpc) is 2.66. The first-order chi connectivity index (χ1) is 11.6. The van der Waals surface area contributed by atoms with Gasteiger partial charge >= 0.3 is 0 Å². The fourth-order valence-corrected chi connectivity index (χ4v) is 3.24. The van der Waals surface area contributed by atoms with Crippen LogP contribution in [0.15, 0.2) is 65.9 Å². The number of Topliss-reactive ketones (excluding diaryl/α,β-unsaturated/α-hetero) is 1. The van der Waals surface area contributed by atoms with E-state index in [4.69, 9.17) is 0 Å². The Morgan fingerprint density at radius 2 is 1.50 bits per heavy atom. The van der Waals surface area contributed by atoms with Crippen LogP contribution in [-0.4, -0.2) is 23.9 Å². The van der Waals surface area contributed by atoms with Gasteiger partial charge in [0.1, 0.15) is 5.78 Å². The number of nitroso groups, excluding NO2 is 1. The molecule has 0 aliphatic carbocycles. The van der Waals surface area contributed by atoms with Crippen molar-refractivity contribution in [3.05, 3.63) is 76.7 Å². The predicted molar refractivity (Wildman–Crippen MR) is 96.6 cm³/mol. The van der Waals surface area contributed by atoms with E-state index in [1.165, 1.54) is 5.01 Å². The van der Waals surface area contributed by atoms with Gasteiger partial charge in [-0.05, 0) is 24.5 Å². The average molecular weight is 324 g/mol. The number of ketones is 1. The van der Waals surface area contributed by atoms with Crippen molar-refractivity contribution in [2.24, 2.45) is 5.29 Å². The first kappa shape index (κ1) is 17.9. The number of hydrogen-bond donors (Lipinski definition) is 0. The van der Waals surface area contributed by atoms with Crippen molar-refractivity contribution in [3.63, 3.8) is 0 Å². The molecule has 24 heavy (non-hydrogen) atoms. The molecule has 2 aromatic rings. The molecule has 2 aromatic carbocycles. The van der Waals surface area contributed by atoms with Gasteiger partial charge in [-0.1, -0.05) is 67.6 Å². The summed E-state index contributed by atoms with van der Waals surface area (Å²) >= 11 is 0. The normalized spacial score (nSPS) is 12.5. The lowest BCUT2D eigenvalue weighted by Crippen LogP contribution is -2.42. The highest BCUT2D eigenvalue weighted by Crippen LogP contribution is 2.39. The zero-order chi connectivity index (χ0) is 17.6. The number of rotatable bonds is 8. The van der Waals surface area contributed by atoms with Gasteiger partial charge in [-0.2, -0.15) is 0 Å². The minimum Gasteiger partial charge on any atom is -0.298 e. The molecule has 0 bridgehead atoms. The van der Waals surface area contributed by atoms with Gasteiger partial charge < -0.3 is 0 Å². The predicted octanol–water partition coefficient (Wildman–Crippen LogP) is 4.34. The number of hydrogen-bond acceptors (Lipinski definition) is 3. The van der Waals surface area contributed by atoms with Crippen LogP contribution < -0.4 is 0 Å². The van der Waals surface area contributed by atoms with E-state index in [9.17, 15) is 9.70 Å². The van der Waals surface area contributed by atoms with Gasteiger partial charge in [-0.15, -0.1) is 4.91 Å². The minimum atomic E-state index is -0.782. The zero-order valence-corrected chi connectivity index (χ0v) is 14.5. The largest absolute Gasteiger partial charge is 0.298 e. The SMILES string of the molecule is CCC(=O)C(CC(C)N(C)N=O)(c1ccccc1)c1ccccc1. The summed E-state index contributed by atoms with van der Waals surface area (Å²) in [6, 6.07) is 19.5. The third kappa shape index (κ3) is 3.37. The third-order valence-electron chi connectivity index (χ3n) is 4.70. The fourth-order valence-electron chi connectivity index (χ4n) is 3.24. The lowest BCUT2D eigenvalue weighted by molar-refractivity contribution is -0.123. The molecule has 4 nitrogen and oxygen atoms in total. The Labute approximate surface area is 143 Å². The van der Waals surface area contributed by atoms with Crippen LogP contribution in [0.3, 0.4) is 0 Å². The molecule has 0 radical (unpaired) electrons. The molecule has 2 rings (SSSR count). The summed E-state index contributed by atoms with van der Waals surface area (Å²) in [5.41, 5.74) is 1.12. The second-order valence-corrected chi connectivity index (χ2v) is 6.12. The minimum absolute atomic E-state index is 0.144. The second kappa shape index (κ2) is 7.86. The van der Waals surface area contributed by atoms with E-state index in [2.05, 4.69) is 5.29 Å². The third-order valence-corrected chi connectivity index (χ3v) is 4.70. The van der Waals surface area contributed by atoms with Gasteiger partial charge in [0.2, 0.25) is 0 Å². The molecule has 0 saturated heterocycles. The second-order valence-electron chi connectivity index (χ2n) is 6.12. The molecule has 126 valence electrons. The number of nitrogens with zero attached hydrogens (tertiary/aromatic N) is 2. The molecule has 0 aliphatic heterocycles. The van der Waals surface area contributed by atoms with Crippen LogP contribution >= 0.6 is 0 Å². The van der Waals surface area contributed by atoms with E-state index in [-0.39, 0.29) is 11.8 Å². The Kier molecular flexibility index (Phi) is 5.85. The van der Waals surface area contributed by atoms with Crippen molar-refractivity contribution in [1.29, 1.82) is 0 Å². The Balaban J connectivity index is 2.65. The summed E-state index contributed by atoms with van der Waals surface area (Å²) in [7, 11) is 1.65. The smallest absolute Gasteiger partial charge is 0.147 e. The molecule has 0 saturated carbocycles. The first-order valence-corrected chi connectivity index (χ1v) is 8.26. The van der Waals surface area contributed by atoms with E-state index >= 15 is 0 Å². The van der Waals surface area contributed by atoms with Gasteiger partial charge in [0.05, 0.1) is 10.7 Å². The molecule has 1 atom stereocenters. The maximum Gasteiger partial charge on any atom is 0.147 e. The molecule has 0 heterocycles. The van der Waals surface area contributed by atoms with E-state index in [0.29, 0.717) is 12.8 Å². The Morgan fingerprint density at radius 3 is 1.88 bits per heavy atom. The summed E-state index contributed by atoms with van der Waals surface area (Å²) in [5.74, 6) is 0.144. The molecule has 0 N–H and O–H groups in total. The van der Waals surface area contributed by atoms with Crippen LogP contribution in [0.2, 0.25) is 0 Å². The van der Waals surface area contributed by atoms with Crippen molar-refractivity contribution in [3.8, 4) is 0 Å². The highest BCUT2D eigenvalue weighted by molar-refractivity contribution is 5.93. The summed E-state index contributed by atoms with van der Waals surface area (Å²) in [5, 5.41) is 4.40. The molecule has 0 spiro atoms. The standard InChI is InChI=1S/C20H24N2O2/c1-4-19(23)20(15-16(2)22(3)21-24,17-11-7-5-8-12-17)18-13-9-6-10-14-18/h5-14,16H,4,15H2,1-3H3. The number of carbonyl (C=O) groups is 1. The van der Waals surface area contributed by atoms with Crippen LogP contribution in [0.1, 0.15) is 37.8 Å². The highest BCUT2D eigenvalue weighted by Gasteiger charge is 2.42. The molecule has 1 unspecified atom stereocenters. The molecular formula is C20H24N2O2. The van der Waals surface area contributed by atoms with E-state index in [0.717, 1.165) is 11.1 Å². The van der Waals surface area contributed by atoms with E-state index < -0.39 is 5.41 Å². The van der Waals surface area contributed by atoms with Crippen molar-refractivity contribution < 1.29 is 4.79 Å². The maximum atomic E-state index is 13.2. The summed E-state index contributed by atoms with van der Waals surface area (Å²) in [6.07, 6.45) is 0.921. The first-order valence-electron chi connectivity index (χ1n) is 8.26. The van der Waals surface area contributed by atoms with Crippen LogP contribution in [0.4, 0.5) is 0 Å². The Bertz CT molecular complexity index is 631. The Morgan fingerprint density at radius 1 is 1.04 bits per heavy atom. The van der Waals surface area contributed by atoms with Crippen LogP contribution in [0.25, 0.3) is 0 Å². The van der Waals surface area contributed by atoms with Crippen molar-refractivity contribution in [2.75, 3.05) is 7.05 Å². The maximum absolute atomic E-state index is 13.2. The van der Waals surface area contributed by atoms with Gasteiger partial charge in [-0.25, -0.2) is 0 Å². The van der Waals surface area contributed by atoms with Crippen molar-refractivity contribution in [1.82, 2.24) is 5.01 Å². The van der Waals surface area contributed by atoms with Gasteiger partial charge in [0.25, 0.3) is 0 Å². The van der Waals surface area contributed by atoms with Crippen LogP contribution in [0.5, 0.6) is 0 Å². The van der Waals surface area contributed by atoms with Gasteiger partial charge in [0.15, 0.2) is 0 Å². The number of carbonyl (C=O) groups excluding carboxylic acids is 1. The topological polar surface area (TPSA) is 49.7 Å². The van der Waals surface area contributed by atoms with E-state index in [1.807, 2.05) is 74.5 Å². The number of benzene rings is 2. The molecule has 0 amide bonds. The molecular weight excluding hydrogens is 300 g/mol.